The average Bonchev–Trinajstić information content (AvgIpc) is 3.01. The summed E-state index contributed by atoms with van der Waals surface area (Å²) in [7, 11) is 0. The predicted octanol–water partition coefficient (Wildman–Crippen LogP) is 2.38. The molecular formula is C17H21ClFN3O3. The average molecular weight is 370 g/mol. The molecule has 6 nitrogen and oxygen atoms in total. The van der Waals surface area contributed by atoms with Crippen LogP contribution < -0.4 is 16.2 Å². The zero-order chi connectivity index (χ0) is 18.0. The van der Waals surface area contributed by atoms with Crippen molar-refractivity contribution in [1.29, 1.82) is 0 Å². The predicted molar refractivity (Wildman–Crippen MR) is 91.4 cm³/mol. The first-order chi connectivity index (χ1) is 12.0. The number of anilines is 1. The van der Waals surface area contributed by atoms with Crippen LogP contribution in [0.3, 0.4) is 0 Å². The Morgan fingerprint density at radius 2 is 2.08 bits per heavy atom. The molecule has 1 saturated carbocycles. The smallest absolute Gasteiger partial charge is 0.325 e. The van der Waals surface area contributed by atoms with Gasteiger partial charge in [-0.2, -0.15) is 0 Å². The largest absolute Gasteiger partial charge is 0.451 e. The van der Waals surface area contributed by atoms with Gasteiger partial charge >= 0.3 is 5.97 Å². The van der Waals surface area contributed by atoms with Gasteiger partial charge in [0.1, 0.15) is 11.9 Å². The Kier molecular flexibility index (Phi) is 5.56. The number of hydrogen-bond donors (Lipinski definition) is 3. The molecule has 0 bridgehead atoms. The van der Waals surface area contributed by atoms with E-state index in [9.17, 15) is 14.0 Å². The molecule has 0 aromatic heterocycles. The Balaban J connectivity index is 1.56. The van der Waals surface area contributed by atoms with Crippen LogP contribution in [0.25, 0.3) is 0 Å². The van der Waals surface area contributed by atoms with E-state index in [1.54, 1.807) is 0 Å². The monoisotopic (exact) mass is 369 g/mol. The lowest BCUT2D eigenvalue weighted by Gasteiger charge is -2.26. The quantitative estimate of drug-likeness (QED) is 0.710. The molecule has 4 unspecified atom stereocenters. The topological polar surface area (TPSA) is 79.5 Å². The van der Waals surface area contributed by atoms with Gasteiger partial charge < -0.3 is 10.1 Å². The van der Waals surface area contributed by atoms with Crippen molar-refractivity contribution >= 4 is 29.2 Å². The molecule has 2 fully saturated rings. The lowest BCUT2D eigenvalue weighted by Crippen LogP contribution is -2.43. The van der Waals surface area contributed by atoms with Crippen molar-refractivity contribution < 1.29 is 18.7 Å². The summed E-state index contributed by atoms with van der Waals surface area (Å²) < 4.78 is 18.4. The molecule has 1 aliphatic carbocycles. The van der Waals surface area contributed by atoms with Gasteiger partial charge in [-0.1, -0.05) is 24.4 Å². The maximum atomic E-state index is 13.0. The van der Waals surface area contributed by atoms with Gasteiger partial charge in [0, 0.05) is 12.0 Å². The van der Waals surface area contributed by atoms with Gasteiger partial charge in [-0.05, 0) is 38.0 Å². The van der Waals surface area contributed by atoms with Gasteiger partial charge in [0.2, 0.25) is 0 Å². The van der Waals surface area contributed by atoms with Crippen molar-refractivity contribution in [3.8, 4) is 0 Å². The van der Waals surface area contributed by atoms with Crippen LogP contribution in [0.2, 0.25) is 5.02 Å². The molecule has 4 atom stereocenters. The van der Waals surface area contributed by atoms with Crippen molar-refractivity contribution in [2.75, 3.05) is 5.32 Å². The number of hydrogen-bond acceptors (Lipinski definition) is 5. The zero-order valence-electron chi connectivity index (χ0n) is 13.9. The van der Waals surface area contributed by atoms with Crippen molar-refractivity contribution in [2.24, 2.45) is 5.92 Å². The SMILES string of the molecule is CC(OC(=O)C1NNC2CCCCC21)C(=O)Nc1ccc(F)cc1Cl. The van der Waals surface area contributed by atoms with Crippen LogP contribution in [0.5, 0.6) is 0 Å². The van der Waals surface area contributed by atoms with E-state index < -0.39 is 29.8 Å². The molecule has 0 radical (unpaired) electrons. The van der Waals surface area contributed by atoms with E-state index in [-0.39, 0.29) is 22.7 Å². The van der Waals surface area contributed by atoms with Crippen LogP contribution in [0.4, 0.5) is 10.1 Å². The molecule has 0 spiro atoms. The van der Waals surface area contributed by atoms with E-state index >= 15 is 0 Å². The number of amides is 1. The lowest BCUT2D eigenvalue weighted by molar-refractivity contribution is -0.156. The van der Waals surface area contributed by atoms with Crippen LogP contribution in [0.15, 0.2) is 18.2 Å². The molecule has 3 rings (SSSR count). The van der Waals surface area contributed by atoms with Crippen LogP contribution in [0, 0.1) is 11.7 Å². The minimum Gasteiger partial charge on any atom is -0.451 e. The molecule has 1 amide bonds. The highest BCUT2D eigenvalue weighted by atomic mass is 35.5. The number of rotatable bonds is 4. The normalized spacial score (nSPS) is 26.6. The number of nitrogens with one attached hydrogen (secondary N) is 3. The highest BCUT2D eigenvalue weighted by Gasteiger charge is 2.42. The van der Waals surface area contributed by atoms with Gasteiger partial charge in [-0.3, -0.25) is 15.0 Å². The van der Waals surface area contributed by atoms with E-state index in [1.165, 1.54) is 19.1 Å². The summed E-state index contributed by atoms with van der Waals surface area (Å²) in [4.78, 5) is 24.6. The number of carbonyl (C=O) groups excluding carboxylic acids is 2. The zero-order valence-corrected chi connectivity index (χ0v) is 14.6. The summed E-state index contributed by atoms with van der Waals surface area (Å²) in [5, 5.41) is 2.62. The maximum Gasteiger partial charge on any atom is 0.325 e. The van der Waals surface area contributed by atoms with E-state index in [0.29, 0.717) is 0 Å². The van der Waals surface area contributed by atoms with Gasteiger partial charge in [-0.25, -0.2) is 9.82 Å². The summed E-state index contributed by atoms with van der Waals surface area (Å²) >= 11 is 5.88. The fourth-order valence-corrected chi connectivity index (χ4v) is 3.62. The number of ether oxygens (including phenoxy) is 1. The van der Waals surface area contributed by atoms with Gasteiger partial charge in [-0.15, -0.1) is 0 Å². The Labute approximate surface area is 150 Å². The first-order valence-electron chi connectivity index (χ1n) is 8.43. The minimum absolute atomic E-state index is 0.0820. The maximum absolute atomic E-state index is 13.0. The Bertz CT molecular complexity index is 673. The lowest BCUT2D eigenvalue weighted by atomic mass is 9.82. The first-order valence-corrected chi connectivity index (χ1v) is 8.81. The fraction of sp³-hybridized carbons (Fsp3) is 0.529. The molecule has 8 heteroatoms. The van der Waals surface area contributed by atoms with Crippen LogP contribution in [-0.2, 0) is 14.3 Å². The van der Waals surface area contributed by atoms with E-state index in [1.807, 2.05) is 0 Å². The second-order valence-corrected chi connectivity index (χ2v) is 6.92. The van der Waals surface area contributed by atoms with Gasteiger partial charge in [0.05, 0.1) is 10.7 Å². The number of fused-ring (bicyclic) bond motifs is 1. The fourth-order valence-electron chi connectivity index (χ4n) is 3.40. The molecule has 25 heavy (non-hydrogen) atoms. The number of hydrazine groups is 1. The van der Waals surface area contributed by atoms with E-state index in [0.717, 1.165) is 31.7 Å². The van der Waals surface area contributed by atoms with Crippen molar-refractivity contribution in [1.82, 2.24) is 10.9 Å². The van der Waals surface area contributed by atoms with Crippen molar-refractivity contribution in [3.05, 3.63) is 29.0 Å². The summed E-state index contributed by atoms with van der Waals surface area (Å²) in [5.74, 6) is -1.28. The molecule has 3 N–H and O–H groups in total. The van der Waals surface area contributed by atoms with Crippen LogP contribution in [0.1, 0.15) is 32.6 Å². The second kappa shape index (κ2) is 7.68. The summed E-state index contributed by atoms with van der Waals surface area (Å²) in [6.07, 6.45) is 3.23. The molecular weight excluding hydrogens is 349 g/mol. The standard InChI is InChI=1S/C17H21ClFN3O3/c1-9(16(23)20-14-7-6-10(19)8-12(14)18)25-17(24)15-11-4-2-3-5-13(11)21-22-15/h6-9,11,13,15,21-22H,2-5H2,1H3,(H,20,23). The molecule has 136 valence electrons. The van der Waals surface area contributed by atoms with Crippen molar-refractivity contribution in [3.63, 3.8) is 0 Å². The Hall–Kier alpha value is -1.70. The number of carbonyl (C=O) groups is 2. The molecule has 1 aromatic rings. The van der Waals surface area contributed by atoms with Crippen molar-refractivity contribution in [2.45, 2.75) is 50.8 Å². The second-order valence-electron chi connectivity index (χ2n) is 6.51. The third kappa shape index (κ3) is 4.11. The van der Waals surface area contributed by atoms with E-state index in [4.69, 9.17) is 16.3 Å². The number of halogens is 2. The number of esters is 1. The summed E-state index contributed by atoms with van der Waals surface area (Å²) in [6, 6.07) is 3.48. The Morgan fingerprint density at radius 3 is 2.84 bits per heavy atom. The summed E-state index contributed by atoms with van der Waals surface area (Å²) in [6.45, 7) is 1.49. The van der Waals surface area contributed by atoms with Crippen LogP contribution >= 0.6 is 11.6 Å². The first kappa shape index (κ1) is 18.1. The van der Waals surface area contributed by atoms with Gasteiger partial charge in [0.25, 0.3) is 5.91 Å². The molecule has 2 aliphatic rings. The molecule has 1 aliphatic heterocycles. The van der Waals surface area contributed by atoms with Crippen LogP contribution in [-0.4, -0.2) is 30.1 Å². The van der Waals surface area contributed by atoms with E-state index in [2.05, 4.69) is 16.2 Å². The summed E-state index contributed by atoms with van der Waals surface area (Å²) in [5.41, 5.74) is 6.40. The number of benzene rings is 1. The molecule has 1 aromatic carbocycles. The third-order valence-electron chi connectivity index (χ3n) is 4.78. The minimum atomic E-state index is -0.988. The molecule has 1 heterocycles. The highest BCUT2D eigenvalue weighted by Crippen LogP contribution is 2.30. The molecule has 1 saturated heterocycles. The van der Waals surface area contributed by atoms with Gasteiger partial charge in [0.15, 0.2) is 6.10 Å². The Morgan fingerprint density at radius 1 is 1.32 bits per heavy atom. The highest BCUT2D eigenvalue weighted by molar-refractivity contribution is 6.33. The third-order valence-corrected chi connectivity index (χ3v) is 5.09.